The summed E-state index contributed by atoms with van der Waals surface area (Å²) < 4.78 is 32.3. The van der Waals surface area contributed by atoms with Crippen molar-refractivity contribution >= 4 is 17.7 Å². The highest BCUT2D eigenvalue weighted by atomic mass is 19.2. The summed E-state index contributed by atoms with van der Waals surface area (Å²) in [5.41, 5.74) is -0.959. The molecule has 31 heavy (non-hydrogen) atoms. The Hall–Kier alpha value is -3.33. The molecule has 0 radical (unpaired) electrons. The predicted octanol–water partition coefficient (Wildman–Crippen LogP) is 2.76. The van der Waals surface area contributed by atoms with Crippen LogP contribution in [0.1, 0.15) is 36.2 Å². The second kappa shape index (κ2) is 8.81. The van der Waals surface area contributed by atoms with Gasteiger partial charge in [0.15, 0.2) is 17.4 Å². The molecule has 0 spiro atoms. The quantitative estimate of drug-likeness (QED) is 0.494. The number of ether oxygens (including phenoxy) is 1. The number of aliphatic hydroxyl groups is 1. The number of carbonyl (C=O) groups excluding carboxylic acids is 3. The smallest absolute Gasteiger partial charge is 0.325 e. The normalized spacial score (nSPS) is 19.3. The Balaban J connectivity index is 1.62. The summed E-state index contributed by atoms with van der Waals surface area (Å²) in [6.45, 7) is 2.58. The Labute approximate surface area is 177 Å². The molecule has 3 amide bonds. The average Bonchev–Trinajstić information content (AvgIpc) is 2.97. The van der Waals surface area contributed by atoms with Crippen LogP contribution in [0.4, 0.5) is 13.6 Å². The van der Waals surface area contributed by atoms with Crippen LogP contribution in [0.5, 0.6) is 5.75 Å². The topological polar surface area (TPSA) is 95.9 Å². The Morgan fingerprint density at radius 2 is 1.84 bits per heavy atom. The molecule has 1 heterocycles. The fraction of sp³-hybridized carbons (Fsp3) is 0.318. The van der Waals surface area contributed by atoms with Crippen LogP contribution in [0.25, 0.3) is 0 Å². The number of nitrogens with zero attached hydrogens (tertiary/aromatic N) is 1. The minimum absolute atomic E-state index is 0.00534. The van der Waals surface area contributed by atoms with Crippen LogP contribution >= 0.6 is 0 Å². The Bertz CT molecular complexity index is 1010. The summed E-state index contributed by atoms with van der Waals surface area (Å²) in [5, 5.41) is 12.7. The molecule has 2 N–H and O–H groups in total. The van der Waals surface area contributed by atoms with Crippen molar-refractivity contribution in [3.63, 3.8) is 0 Å². The lowest BCUT2D eigenvalue weighted by atomic mass is 9.92. The molecule has 0 unspecified atom stereocenters. The van der Waals surface area contributed by atoms with Crippen molar-refractivity contribution in [3.8, 4) is 5.75 Å². The lowest BCUT2D eigenvalue weighted by Crippen LogP contribution is -2.42. The Morgan fingerprint density at radius 1 is 1.16 bits per heavy atom. The van der Waals surface area contributed by atoms with E-state index in [0.717, 1.165) is 17.0 Å². The highest BCUT2D eigenvalue weighted by molar-refractivity contribution is 6.07. The lowest BCUT2D eigenvalue weighted by Gasteiger charge is -2.23. The van der Waals surface area contributed by atoms with Crippen LogP contribution in [0.3, 0.4) is 0 Å². The molecule has 0 bridgehead atoms. The number of rotatable bonds is 8. The number of nitrogens with one attached hydrogen (secondary N) is 1. The number of β-amino-alcohol motifs (C(OH)–C–C–N with tert-alkyl or cyclic N) is 1. The molecule has 2 aromatic rings. The second-order valence-corrected chi connectivity index (χ2v) is 7.37. The van der Waals surface area contributed by atoms with Gasteiger partial charge in [-0.25, -0.2) is 13.6 Å². The van der Waals surface area contributed by atoms with Gasteiger partial charge < -0.3 is 15.2 Å². The van der Waals surface area contributed by atoms with E-state index in [1.165, 1.54) is 13.0 Å². The fourth-order valence-corrected chi connectivity index (χ4v) is 3.26. The van der Waals surface area contributed by atoms with Crippen molar-refractivity contribution in [2.75, 3.05) is 13.2 Å². The first-order chi connectivity index (χ1) is 14.7. The number of benzene rings is 2. The van der Waals surface area contributed by atoms with Gasteiger partial charge in [-0.1, -0.05) is 13.0 Å². The van der Waals surface area contributed by atoms with Crippen molar-refractivity contribution in [3.05, 3.63) is 65.2 Å². The van der Waals surface area contributed by atoms with Crippen LogP contribution < -0.4 is 10.1 Å². The molecule has 1 saturated heterocycles. The van der Waals surface area contributed by atoms with Gasteiger partial charge in [0.25, 0.3) is 5.91 Å². The third kappa shape index (κ3) is 4.56. The summed E-state index contributed by atoms with van der Waals surface area (Å²) in [4.78, 5) is 37.6. The lowest BCUT2D eigenvalue weighted by molar-refractivity contribution is -0.132. The van der Waals surface area contributed by atoms with E-state index in [1.807, 2.05) is 0 Å². The van der Waals surface area contributed by atoms with E-state index in [2.05, 4.69) is 5.32 Å². The van der Waals surface area contributed by atoms with Crippen LogP contribution in [-0.4, -0.2) is 47.0 Å². The van der Waals surface area contributed by atoms with E-state index in [9.17, 15) is 28.3 Å². The first-order valence-corrected chi connectivity index (χ1v) is 9.69. The van der Waals surface area contributed by atoms with Crippen molar-refractivity contribution < 1.29 is 33.0 Å². The van der Waals surface area contributed by atoms with Gasteiger partial charge in [0.2, 0.25) is 0 Å². The summed E-state index contributed by atoms with van der Waals surface area (Å²) in [5.74, 6) is -2.50. The monoisotopic (exact) mass is 432 g/mol. The number of hydrogen-bond acceptors (Lipinski definition) is 5. The van der Waals surface area contributed by atoms with Crippen molar-refractivity contribution in [1.29, 1.82) is 0 Å². The standard InChI is InChI=1S/C22H22F2N2O5/c1-3-19(28)13-4-7-16(8-5-13)31-12-15(27)11-26-20(29)22(2,25-21(26)30)14-6-9-17(23)18(24)10-14/h4-10,15,27H,3,11-12H2,1-2H3,(H,25,30)/t15-,22-/m0/s1. The molecule has 1 aliphatic heterocycles. The van der Waals surface area contributed by atoms with E-state index in [0.29, 0.717) is 17.7 Å². The van der Waals surface area contributed by atoms with Gasteiger partial charge in [0.1, 0.15) is 24.0 Å². The molecule has 3 rings (SSSR count). The zero-order valence-corrected chi connectivity index (χ0v) is 17.0. The summed E-state index contributed by atoms with van der Waals surface area (Å²) in [6, 6.07) is 8.57. The van der Waals surface area contributed by atoms with Crippen LogP contribution in [0.15, 0.2) is 42.5 Å². The molecule has 0 saturated carbocycles. The van der Waals surface area contributed by atoms with Crippen molar-refractivity contribution in [1.82, 2.24) is 10.2 Å². The molecule has 9 heteroatoms. The van der Waals surface area contributed by atoms with Crippen LogP contribution in [-0.2, 0) is 10.3 Å². The van der Waals surface area contributed by atoms with Gasteiger partial charge >= 0.3 is 6.03 Å². The molecule has 0 aliphatic carbocycles. The SMILES string of the molecule is CCC(=O)c1ccc(OC[C@@H](O)CN2C(=O)N[C@@](C)(c3ccc(F)c(F)c3)C2=O)cc1. The Kier molecular flexibility index (Phi) is 6.35. The average molecular weight is 432 g/mol. The first kappa shape index (κ1) is 22.4. The van der Waals surface area contributed by atoms with E-state index in [-0.39, 0.29) is 24.5 Å². The number of urea groups is 1. The molecular weight excluding hydrogens is 410 g/mol. The van der Waals surface area contributed by atoms with Gasteiger partial charge in [0, 0.05) is 12.0 Å². The number of Topliss-reactive ketones (excluding diaryl/α,β-unsaturated/α-hetero) is 1. The maximum Gasteiger partial charge on any atom is 0.325 e. The summed E-state index contributed by atoms with van der Waals surface area (Å²) in [7, 11) is 0. The first-order valence-electron chi connectivity index (χ1n) is 9.69. The van der Waals surface area contributed by atoms with E-state index in [1.54, 1.807) is 31.2 Å². The number of imide groups is 1. The molecule has 7 nitrogen and oxygen atoms in total. The fourth-order valence-electron chi connectivity index (χ4n) is 3.26. The van der Waals surface area contributed by atoms with Crippen molar-refractivity contribution in [2.24, 2.45) is 0 Å². The van der Waals surface area contributed by atoms with Gasteiger partial charge in [-0.15, -0.1) is 0 Å². The van der Waals surface area contributed by atoms with Gasteiger partial charge in [-0.3, -0.25) is 14.5 Å². The van der Waals surface area contributed by atoms with Crippen LogP contribution in [0, 0.1) is 11.6 Å². The highest BCUT2D eigenvalue weighted by Crippen LogP contribution is 2.30. The maximum absolute atomic E-state index is 13.6. The minimum Gasteiger partial charge on any atom is -0.491 e. The molecule has 1 aliphatic rings. The van der Waals surface area contributed by atoms with Crippen LogP contribution in [0.2, 0.25) is 0 Å². The number of carbonyl (C=O) groups is 3. The zero-order valence-electron chi connectivity index (χ0n) is 17.0. The molecular formula is C22H22F2N2O5. The second-order valence-electron chi connectivity index (χ2n) is 7.37. The number of halogens is 2. The largest absolute Gasteiger partial charge is 0.491 e. The third-order valence-corrected chi connectivity index (χ3v) is 5.11. The highest BCUT2D eigenvalue weighted by Gasteiger charge is 2.49. The molecule has 1 fully saturated rings. The molecule has 2 atom stereocenters. The number of hydrogen-bond donors (Lipinski definition) is 2. The Morgan fingerprint density at radius 3 is 2.45 bits per heavy atom. The zero-order chi connectivity index (χ0) is 22.8. The van der Waals surface area contributed by atoms with Gasteiger partial charge in [-0.05, 0) is 48.9 Å². The number of ketones is 1. The van der Waals surface area contributed by atoms with E-state index >= 15 is 0 Å². The minimum atomic E-state index is -1.59. The van der Waals surface area contributed by atoms with Gasteiger partial charge in [-0.2, -0.15) is 0 Å². The third-order valence-electron chi connectivity index (χ3n) is 5.11. The van der Waals surface area contributed by atoms with E-state index < -0.39 is 35.2 Å². The summed E-state index contributed by atoms with van der Waals surface area (Å²) >= 11 is 0. The molecule has 0 aromatic heterocycles. The number of amides is 3. The maximum atomic E-state index is 13.6. The molecule has 164 valence electrons. The summed E-state index contributed by atoms with van der Waals surface area (Å²) in [6.07, 6.45) is -0.812. The van der Waals surface area contributed by atoms with E-state index in [4.69, 9.17) is 4.74 Å². The number of aliphatic hydroxyl groups excluding tert-OH is 1. The van der Waals surface area contributed by atoms with Crippen molar-refractivity contribution in [2.45, 2.75) is 31.9 Å². The predicted molar refractivity (Wildman–Crippen MR) is 107 cm³/mol. The molecule has 2 aromatic carbocycles. The van der Waals surface area contributed by atoms with Gasteiger partial charge in [0.05, 0.1) is 6.54 Å².